The molecule has 6 aromatic rings. The molecule has 47 heavy (non-hydrogen) atoms. The molecule has 10 heteroatoms. The zero-order valence-corrected chi connectivity index (χ0v) is 30.0. The van der Waals surface area contributed by atoms with Crippen LogP contribution in [0, 0.1) is 0 Å². The van der Waals surface area contributed by atoms with Crippen molar-refractivity contribution in [2.75, 3.05) is 5.32 Å². The standard InChI is InChI=1S/C35H27F2N6O.2CH3.Pb/c1-22(39-19-26-16-25-18-38-14-13-31(25)42-26)21-43-33(24-7-3-2-4-8-24)41-20-32(34(43)44)40-17-23-11-12-30-28(15-23)27-9-5-6-10-29(27)35(30,36)37;;;/h3-16,18,20,39-40,42H,1,17,19,21H2;2*1H3;. The van der Waals surface area contributed by atoms with Crippen molar-refractivity contribution in [2.24, 2.45) is 0 Å². The van der Waals surface area contributed by atoms with Gasteiger partial charge in [0.05, 0.1) is 0 Å². The summed E-state index contributed by atoms with van der Waals surface area (Å²) in [5.41, 5.74) is 5.37. The molecular weight excluding hydrogens is 790 g/mol. The Morgan fingerprint density at radius 1 is 0.957 bits per heavy atom. The van der Waals surface area contributed by atoms with Gasteiger partial charge in [-0.3, -0.25) is 4.98 Å². The second-order valence-corrected chi connectivity index (χ2v) is 22.1. The Morgan fingerprint density at radius 3 is 2.53 bits per heavy atom. The van der Waals surface area contributed by atoms with Crippen molar-refractivity contribution in [3.63, 3.8) is 0 Å². The summed E-state index contributed by atoms with van der Waals surface area (Å²) >= 11 is -1.72. The third-order valence-corrected chi connectivity index (χ3v) is 14.4. The molecule has 1 aliphatic rings. The minimum Gasteiger partial charge on any atom is -0.264 e. The van der Waals surface area contributed by atoms with Crippen LogP contribution in [-0.2, 0) is 25.6 Å². The van der Waals surface area contributed by atoms with Gasteiger partial charge >= 0.3 is 179 Å². The van der Waals surface area contributed by atoms with E-state index in [1.807, 2.05) is 30.5 Å². The number of hydrogen-bond donors (Lipinski definition) is 3. The van der Waals surface area contributed by atoms with E-state index in [9.17, 15) is 4.79 Å². The maximum atomic E-state index is 15.1. The molecule has 0 spiro atoms. The van der Waals surface area contributed by atoms with Crippen molar-refractivity contribution >= 4 is 42.4 Å². The van der Waals surface area contributed by atoms with Gasteiger partial charge in [0, 0.05) is 34.4 Å². The first-order chi connectivity index (χ1) is 22.7. The van der Waals surface area contributed by atoms with Crippen molar-refractivity contribution in [1.29, 1.82) is 0 Å². The molecular formula is C37H33F2N6OPb. The number of rotatable bonds is 10. The minimum atomic E-state index is -3.04. The van der Waals surface area contributed by atoms with Crippen LogP contribution in [0.15, 0.2) is 115 Å². The summed E-state index contributed by atoms with van der Waals surface area (Å²) in [7, 11) is 0. The summed E-state index contributed by atoms with van der Waals surface area (Å²) in [6.45, 7) is 5.19. The Hall–Kier alpha value is -4.65. The molecule has 0 aliphatic heterocycles. The Morgan fingerprint density at radius 2 is 1.74 bits per heavy atom. The number of alkyl halides is 2. The molecule has 0 atom stereocenters. The van der Waals surface area contributed by atoms with Gasteiger partial charge in [0.2, 0.25) is 0 Å². The summed E-state index contributed by atoms with van der Waals surface area (Å²) in [5, 5.41) is 7.59. The molecule has 3 heterocycles. The summed E-state index contributed by atoms with van der Waals surface area (Å²) < 4.78 is 37.9. The van der Waals surface area contributed by atoms with E-state index in [0.29, 0.717) is 34.9 Å². The zero-order chi connectivity index (χ0) is 32.7. The Bertz CT molecular complexity index is 2160. The van der Waals surface area contributed by atoms with Crippen LogP contribution in [-0.4, -0.2) is 42.2 Å². The van der Waals surface area contributed by atoms with Crippen LogP contribution in [0.2, 0.25) is 8.97 Å². The van der Waals surface area contributed by atoms with Gasteiger partial charge in [0.25, 0.3) is 5.92 Å². The first-order valence-corrected chi connectivity index (χ1v) is 25.1. The predicted molar refractivity (Wildman–Crippen MR) is 185 cm³/mol. The fourth-order valence-electron chi connectivity index (χ4n) is 6.07. The number of pyridine rings is 1. The van der Waals surface area contributed by atoms with Crippen LogP contribution in [0.3, 0.4) is 0 Å². The molecule has 235 valence electrons. The minimum absolute atomic E-state index is 0.00136. The first kappa shape index (κ1) is 31.0. The van der Waals surface area contributed by atoms with Crippen LogP contribution in [0.1, 0.15) is 22.4 Å². The molecule has 0 unspecified atom stereocenters. The fourth-order valence-corrected chi connectivity index (χ4v) is 9.31. The van der Waals surface area contributed by atoms with Gasteiger partial charge in [-0.05, 0) is 17.2 Å². The smallest absolute Gasteiger partial charge is 0.264 e. The SMILES string of the molecule is C=C(Cn1c(-c2cc[c]([Pb]([CH3])[CH3])cc2)ncc(NCc2ccc3c(c2)-c2ccccc2C3(F)F)c1=O)NCc1cc2cnccc2[nH]1. The molecule has 0 saturated heterocycles. The summed E-state index contributed by atoms with van der Waals surface area (Å²) in [5.74, 6) is -2.49. The number of anilines is 1. The van der Waals surface area contributed by atoms with Crippen molar-refractivity contribution in [3.8, 4) is 22.5 Å². The van der Waals surface area contributed by atoms with Gasteiger partial charge in [-0.2, -0.15) is 8.78 Å². The third-order valence-electron chi connectivity index (χ3n) is 8.58. The van der Waals surface area contributed by atoms with Gasteiger partial charge in [0.1, 0.15) is 0 Å². The average Bonchev–Trinajstić information content (AvgIpc) is 3.60. The molecule has 3 aromatic carbocycles. The number of benzene rings is 3. The fraction of sp³-hybridized carbons (Fsp3) is 0.162. The number of hydrogen-bond acceptors (Lipinski definition) is 5. The van der Waals surface area contributed by atoms with Crippen LogP contribution >= 0.6 is 0 Å². The number of H-pyrrole nitrogens is 1. The quantitative estimate of drug-likeness (QED) is 0.133. The second-order valence-electron chi connectivity index (χ2n) is 12.0. The number of halogens is 2. The van der Waals surface area contributed by atoms with Gasteiger partial charge in [-0.15, -0.1) is 0 Å². The van der Waals surface area contributed by atoms with E-state index in [1.165, 1.54) is 15.3 Å². The summed E-state index contributed by atoms with van der Waals surface area (Å²) in [4.78, 5) is 26.3. The van der Waals surface area contributed by atoms with E-state index < -0.39 is 28.6 Å². The molecule has 0 bridgehead atoms. The molecule has 3 N–H and O–H groups in total. The van der Waals surface area contributed by atoms with E-state index in [4.69, 9.17) is 4.98 Å². The topological polar surface area (TPSA) is 87.6 Å². The zero-order valence-electron chi connectivity index (χ0n) is 26.1. The number of aromatic amines is 1. The molecule has 7 rings (SSSR count). The molecule has 0 fully saturated rings. The number of aromatic nitrogens is 4. The summed E-state index contributed by atoms with van der Waals surface area (Å²) in [6.07, 6.45) is 5.11. The van der Waals surface area contributed by atoms with Crippen LogP contribution < -0.4 is 19.3 Å². The third kappa shape index (κ3) is 6.00. The van der Waals surface area contributed by atoms with Crippen LogP contribution in [0.4, 0.5) is 14.5 Å². The van der Waals surface area contributed by atoms with Crippen molar-refractivity contribution in [2.45, 2.75) is 34.5 Å². The van der Waals surface area contributed by atoms with E-state index >= 15 is 8.78 Å². The van der Waals surface area contributed by atoms with Gasteiger partial charge < -0.3 is 0 Å². The Labute approximate surface area is 279 Å². The number of nitrogens with zero attached hydrogens (tertiary/aromatic N) is 3. The van der Waals surface area contributed by atoms with Crippen LogP contribution in [0.25, 0.3) is 33.4 Å². The number of allylic oxidation sites excluding steroid dienone is 1. The van der Waals surface area contributed by atoms with Crippen molar-refractivity contribution < 1.29 is 8.78 Å². The van der Waals surface area contributed by atoms with E-state index in [0.717, 1.165) is 27.7 Å². The first-order valence-electron chi connectivity index (χ1n) is 15.4. The van der Waals surface area contributed by atoms with E-state index in [-0.39, 0.29) is 29.8 Å². The van der Waals surface area contributed by atoms with Crippen molar-refractivity contribution in [3.05, 3.63) is 142 Å². The molecule has 7 nitrogen and oxygen atoms in total. The second kappa shape index (κ2) is 12.5. The summed E-state index contributed by atoms with van der Waals surface area (Å²) in [6, 6.07) is 23.9. The maximum absolute atomic E-state index is 15.1. The number of fused-ring (bicyclic) bond motifs is 4. The van der Waals surface area contributed by atoms with Gasteiger partial charge in [0.15, 0.2) is 0 Å². The average molecular weight is 823 g/mol. The number of nitrogens with one attached hydrogen (secondary N) is 3. The van der Waals surface area contributed by atoms with Gasteiger partial charge in [-0.1, -0.05) is 30.3 Å². The normalized spacial score (nSPS) is 13.0. The molecule has 0 amide bonds. The monoisotopic (exact) mass is 823 g/mol. The van der Waals surface area contributed by atoms with E-state index in [1.54, 1.807) is 47.3 Å². The van der Waals surface area contributed by atoms with Crippen LogP contribution in [0.5, 0.6) is 0 Å². The Kier molecular flexibility index (Phi) is 8.25. The molecule has 0 saturated carbocycles. The van der Waals surface area contributed by atoms with Crippen molar-refractivity contribution in [1.82, 2.24) is 24.8 Å². The predicted octanol–water partition coefficient (Wildman–Crippen LogP) is 6.78. The van der Waals surface area contributed by atoms with Gasteiger partial charge in [-0.25, -0.2) is 0 Å². The Balaban J connectivity index is 1.15. The van der Waals surface area contributed by atoms with E-state index in [2.05, 4.69) is 48.3 Å². The molecule has 3 aromatic heterocycles. The molecule has 1 radical (unpaired) electrons. The molecule has 1 aliphatic carbocycles.